The number of benzene rings is 1. The van der Waals surface area contributed by atoms with Crippen LogP contribution in [0.5, 0.6) is 11.5 Å². The fraction of sp³-hybridized carbons (Fsp3) is 0.400. The molecule has 78 valence electrons. The number of epoxide rings is 2. The van der Waals surface area contributed by atoms with E-state index in [2.05, 4.69) is 9.47 Å². The van der Waals surface area contributed by atoms with Gasteiger partial charge >= 0.3 is 0 Å². The number of rotatable bonds is 0. The maximum absolute atomic E-state index is 8.65. The molecule has 14 heavy (non-hydrogen) atoms. The third-order valence-electron chi connectivity index (χ3n) is 1.24. The molecule has 3 rings (SSSR count). The zero-order chi connectivity index (χ0) is 10.2. The topological polar surface area (TPSA) is 65.5 Å². The van der Waals surface area contributed by atoms with Crippen LogP contribution >= 0.6 is 0 Å². The molecule has 0 aromatic heterocycles. The van der Waals surface area contributed by atoms with Crippen molar-refractivity contribution in [2.24, 2.45) is 0 Å². The molecule has 0 bridgehead atoms. The molecule has 4 heteroatoms. The maximum Gasteiger partial charge on any atom is 0.119 e. The highest BCUT2D eigenvalue weighted by molar-refractivity contribution is 5.30. The van der Waals surface area contributed by atoms with E-state index in [4.69, 9.17) is 10.2 Å². The molecule has 0 radical (unpaired) electrons. The van der Waals surface area contributed by atoms with Gasteiger partial charge in [0.05, 0.1) is 26.4 Å². The Morgan fingerprint density at radius 1 is 0.857 bits per heavy atom. The number of phenolic OH excluding ortho intramolecular Hbond substituents is 2. The average Bonchev–Trinajstić information content (AvgIpc) is 2.99. The standard InChI is InChI=1S/C6H6O2.2C2H4O/c7-5-2-1-3-6(8)4-5;2*1-2-3-1/h1-4,7-8H;2*1-2H2. The summed E-state index contributed by atoms with van der Waals surface area (Å²) in [4.78, 5) is 0. The summed E-state index contributed by atoms with van der Waals surface area (Å²) in [6.45, 7) is 4.00. The molecule has 1 aromatic rings. The van der Waals surface area contributed by atoms with Crippen LogP contribution in [-0.2, 0) is 9.47 Å². The number of hydrogen-bond acceptors (Lipinski definition) is 4. The van der Waals surface area contributed by atoms with Crippen LogP contribution in [0.2, 0.25) is 0 Å². The lowest BCUT2D eigenvalue weighted by Crippen LogP contribution is -1.61. The van der Waals surface area contributed by atoms with Gasteiger partial charge in [0.1, 0.15) is 11.5 Å². The first-order chi connectivity index (χ1) is 6.79. The minimum Gasteiger partial charge on any atom is -0.508 e. The molecule has 0 aliphatic carbocycles. The second-order valence-corrected chi connectivity index (χ2v) is 2.74. The lowest BCUT2D eigenvalue weighted by molar-refractivity contribution is 0.450. The van der Waals surface area contributed by atoms with Gasteiger partial charge in [-0.2, -0.15) is 0 Å². The zero-order valence-corrected chi connectivity index (χ0v) is 7.85. The van der Waals surface area contributed by atoms with Crippen LogP contribution in [-0.4, -0.2) is 36.6 Å². The van der Waals surface area contributed by atoms with Gasteiger partial charge < -0.3 is 19.7 Å². The molecule has 2 aliphatic rings. The Morgan fingerprint density at radius 3 is 1.36 bits per heavy atom. The first-order valence-corrected chi connectivity index (χ1v) is 4.42. The van der Waals surface area contributed by atoms with Crippen LogP contribution in [0.4, 0.5) is 0 Å². The highest BCUT2D eigenvalue weighted by Gasteiger charge is 1.94. The van der Waals surface area contributed by atoms with Crippen molar-refractivity contribution in [2.45, 2.75) is 0 Å². The lowest BCUT2D eigenvalue weighted by Gasteiger charge is -1.89. The summed E-state index contributed by atoms with van der Waals surface area (Å²) in [5.74, 6) is 0.176. The smallest absolute Gasteiger partial charge is 0.119 e. The van der Waals surface area contributed by atoms with E-state index < -0.39 is 0 Å². The van der Waals surface area contributed by atoms with E-state index in [9.17, 15) is 0 Å². The van der Waals surface area contributed by atoms with E-state index in [1.165, 1.54) is 18.2 Å². The number of hydrogen-bond donors (Lipinski definition) is 2. The van der Waals surface area contributed by atoms with Gasteiger partial charge in [0.2, 0.25) is 0 Å². The number of aromatic hydroxyl groups is 2. The van der Waals surface area contributed by atoms with Crippen molar-refractivity contribution in [2.75, 3.05) is 26.4 Å². The van der Waals surface area contributed by atoms with Crippen molar-refractivity contribution in [3.63, 3.8) is 0 Å². The fourth-order valence-electron chi connectivity index (χ4n) is 0.493. The summed E-state index contributed by atoms with van der Waals surface area (Å²) < 4.78 is 9.00. The molecule has 2 fully saturated rings. The van der Waals surface area contributed by atoms with E-state index in [0.29, 0.717) is 0 Å². The van der Waals surface area contributed by atoms with Crippen molar-refractivity contribution in [1.29, 1.82) is 0 Å². The molecule has 0 spiro atoms. The second-order valence-electron chi connectivity index (χ2n) is 2.74. The van der Waals surface area contributed by atoms with Crippen LogP contribution in [0.3, 0.4) is 0 Å². The van der Waals surface area contributed by atoms with Crippen molar-refractivity contribution in [1.82, 2.24) is 0 Å². The second kappa shape index (κ2) is 6.23. The van der Waals surface area contributed by atoms with Crippen LogP contribution in [0.25, 0.3) is 0 Å². The van der Waals surface area contributed by atoms with Crippen molar-refractivity contribution in [3.8, 4) is 11.5 Å². The van der Waals surface area contributed by atoms with Gasteiger partial charge in [0.15, 0.2) is 0 Å². The van der Waals surface area contributed by atoms with E-state index in [1.54, 1.807) is 6.07 Å². The van der Waals surface area contributed by atoms with Crippen LogP contribution in [0.15, 0.2) is 24.3 Å². The third-order valence-corrected chi connectivity index (χ3v) is 1.24. The molecular weight excluding hydrogens is 184 g/mol. The summed E-state index contributed by atoms with van der Waals surface area (Å²) in [5, 5.41) is 17.3. The molecular formula is C10H14O4. The molecule has 2 aliphatic heterocycles. The van der Waals surface area contributed by atoms with Crippen LogP contribution in [0.1, 0.15) is 0 Å². The lowest BCUT2D eigenvalue weighted by atomic mass is 10.3. The number of ether oxygens (including phenoxy) is 2. The van der Waals surface area contributed by atoms with Gasteiger partial charge in [-0.15, -0.1) is 0 Å². The van der Waals surface area contributed by atoms with Gasteiger partial charge in [0.25, 0.3) is 0 Å². The monoisotopic (exact) mass is 198 g/mol. The molecule has 0 amide bonds. The minimum atomic E-state index is 0.0880. The molecule has 2 N–H and O–H groups in total. The molecule has 4 nitrogen and oxygen atoms in total. The summed E-state index contributed by atoms with van der Waals surface area (Å²) in [5.41, 5.74) is 0. The Labute approximate surface area is 82.7 Å². The van der Waals surface area contributed by atoms with E-state index in [0.717, 1.165) is 26.4 Å². The van der Waals surface area contributed by atoms with Gasteiger partial charge in [-0.3, -0.25) is 0 Å². The fourth-order valence-corrected chi connectivity index (χ4v) is 0.493. The summed E-state index contributed by atoms with van der Waals surface area (Å²) in [7, 11) is 0. The van der Waals surface area contributed by atoms with E-state index >= 15 is 0 Å². The number of phenols is 2. The SMILES string of the molecule is C1CO1.C1CO1.Oc1cccc(O)c1. The third kappa shape index (κ3) is 8.83. The van der Waals surface area contributed by atoms with E-state index in [1.807, 2.05) is 0 Å². The largest absolute Gasteiger partial charge is 0.508 e. The molecule has 2 heterocycles. The van der Waals surface area contributed by atoms with Gasteiger partial charge in [0, 0.05) is 6.07 Å². The Kier molecular flexibility index (Phi) is 4.82. The minimum absolute atomic E-state index is 0.0880. The van der Waals surface area contributed by atoms with Gasteiger partial charge in [-0.25, -0.2) is 0 Å². The van der Waals surface area contributed by atoms with Crippen LogP contribution in [0, 0.1) is 0 Å². The summed E-state index contributed by atoms with van der Waals surface area (Å²) in [6.07, 6.45) is 0. The summed E-state index contributed by atoms with van der Waals surface area (Å²) in [6, 6.07) is 5.85. The van der Waals surface area contributed by atoms with E-state index in [-0.39, 0.29) is 11.5 Å². The zero-order valence-electron chi connectivity index (χ0n) is 7.85. The highest BCUT2D eigenvalue weighted by Crippen LogP contribution is 2.14. The molecule has 0 saturated carbocycles. The Balaban J connectivity index is 0.000000132. The van der Waals surface area contributed by atoms with Crippen molar-refractivity contribution in [3.05, 3.63) is 24.3 Å². The Morgan fingerprint density at radius 2 is 1.21 bits per heavy atom. The average molecular weight is 198 g/mol. The first-order valence-electron chi connectivity index (χ1n) is 4.42. The molecule has 1 aromatic carbocycles. The molecule has 0 unspecified atom stereocenters. The quantitative estimate of drug-likeness (QED) is 0.613. The first kappa shape index (κ1) is 10.8. The molecule has 2 saturated heterocycles. The van der Waals surface area contributed by atoms with Crippen molar-refractivity contribution >= 4 is 0 Å². The predicted molar refractivity (Wildman–Crippen MR) is 51.4 cm³/mol. The van der Waals surface area contributed by atoms with Crippen LogP contribution < -0.4 is 0 Å². The Bertz CT molecular complexity index is 229. The predicted octanol–water partition coefficient (Wildman–Crippen LogP) is 1.13. The normalized spacial score (nSPS) is 15.4. The van der Waals surface area contributed by atoms with Gasteiger partial charge in [-0.1, -0.05) is 6.07 Å². The Hall–Kier alpha value is -1.26. The summed E-state index contributed by atoms with van der Waals surface area (Å²) >= 11 is 0. The molecule has 0 atom stereocenters. The van der Waals surface area contributed by atoms with Crippen molar-refractivity contribution < 1.29 is 19.7 Å². The maximum atomic E-state index is 8.65. The highest BCUT2D eigenvalue weighted by atomic mass is 16.6. The van der Waals surface area contributed by atoms with Gasteiger partial charge in [-0.05, 0) is 12.1 Å².